The van der Waals surface area contributed by atoms with E-state index in [0.29, 0.717) is 32.5 Å². The summed E-state index contributed by atoms with van der Waals surface area (Å²) in [5.74, 6) is 1.56. The Morgan fingerprint density at radius 1 is 1.55 bits per heavy atom. The van der Waals surface area contributed by atoms with E-state index in [1.54, 1.807) is 22.9 Å². The number of morpholine rings is 1. The molecule has 1 atom stereocenters. The molecule has 3 rings (SSSR count). The van der Waals surface area contributed by atoms with E-state index in [0.717, 1.165) is 23.6 Å². The van der Waals surface area contributed by atoms with Crippen LogP contribution in [0.25, 0.3) is 0 Å². The third kappa shape index (κ3) is 3.16. The van der Waals surface area contributed by atoms with Crippen molar-refractivity contribution in [1.29, 1.82) is 0 Å². The lowest BCUT2D eigenvalue weighted by molar-refractivity contribution is -0.159. The Morgan fingerprint density at radius 2 is 2.32 bits per heavy atom. The van der Waals surface area contributed by atoms with Crippen LogP contribution in [0.2, 0.25) is 0 Å². The molecule has 122 valence electrons. The largest absolute Gasteiger partial charge is 0.380 e. The molecule has 1 unspecified atom stereocenters. The molecule has 0 aliphatic carbocycles. The van der Waals surface area contributed by atoms with Crippen LogP contribution >= 0.6 is 11.8 Å². The molecule has 0 saturated carbocycles. The Labute approximate surface area is 134 Å². The van der Waals surface area contributed by atoms with E-state index in [2.05, 4.69) is 5.10 Å². The summed E-state index contributed by atoms with van der Waals surface area (Å²) in [7, 11) is 0. The van der Waals surface area contributed by atoms with Crippen molar-refractivity contribution in [3.63, 3.8) is 0 Å². The molecule has 1 amide bonds. The molecule has 3 heterocycles. The lowest BCUT2D eigenvalue weighted by Gasteiger charge is -2.39. The van der Waals surface area contributed by atoms with Crippen molar-refractivity contribution in [1.82, 2.24) is 14.7 Å². The molecule has 0 radical (unpaired) electrons. The summed E-state index contributed by atoms with van der Waals surface area (Å²) in [5, 5.41) is 14.9. The van der Waals surface area contributed by atoms with Gasteiger partial charge in [-0.2, -0.15) is 16.9 Å². The Kier molecular flexibility index (Phi) is 4.75. The second kappa shape index (κ2) is 6.60. The Bertz CT molecular complexity index is 528. The van der Waals surface area contributed by atoms with Crippen LogP contribution in [0.1, 0.15) is 31.4 Å². The number of rotatable bonds is 3. The summed E-state index contributed by atoms with van der Waals surface area (Å²) in [6.07, 6.45) is 4.71. The highest BCUT2D eigenvalue weighted by atomic mass is 32.2. The van der Waals surface area contributed by atoms with Gasteiger partial charge >= 0.3 is 0 Å². The number of ether oxygens (including phenoxy) is 1. The van der Waals surface area contributed by atoms with E-state index in [1.165, 1.54) is 0 Å². The van der Waals surface area contributed by atoms with Crippen molar-refractivity contribution < 1.29 is 14.6 Å². The van der Waals surface area contributed by atoms with Crippen LogP contribution in [0.4, 0.5) is 0 Å². The average Bonchev–Trinajstić information content (AvgIpc) is 3.04. The van der Waals surface area contributed by atoms with Crippen molar-refractivity contribution in [3.05, 3.63) is 18.0 Å². The number of amides is 1. The summed E-state index contributed by atoms with van der Waals surface area (Å²) in [6.45, 7) is 4.38. The minimum Gasteiger partial charge on any atom is -0.380 e. The van der Waals surface area contributed by atoms with Crippen LogP contribution in [0.15, 0.2) is 12.4 Å². The maximum absolute atomic E-state index is 12.7. The quantitative estimate of drug-likeness (QED) is 0.900. The Morgan fingerprint density at radius 3 is 3.00 bits per heavy atom. The lowest BCUT2D eigenvalue weighted by atomic mass is 9.94. The summed E-state index contributed by atoms with van der Waals surface area (Å²) in [6, 6.07) is 0. The Hall–Kier alpha value is -1.05. The van der Waals surface area contributed by atoms with E-state index in [1.807, 2.05) is 17.8 Å². The predicted molar refractivity (Wildman–Crippen MR) is 84.7 cm³/mol. The minimum atomic E-state index is -1.18. The van der Waals surface area contributed by atoms with Crippen molar-refractivity contribution in [2.45, 2.75) is 38.0 Å². The molecule has 2 aliphatic heterocycles. The normalized spacial score (nSPS) is 25.2. The molecule has 0 bridgehead atoms. The van der Waals surface area contributed by atoms with Gasteiger partial charge in [-0.3, -0.25) is 9.48 Å². The first kappa shape index (κ1) is 15.8. The molecule has 6 nitrogen and oxygen atoms in total. The van der Waals surface area contributed by atoms with Crippen LogP contribution in [-0.2, 0) is 16.1 Å². The number of aliphatic hydroxyl groups is 1. The van der Waals surface area contributed by atoms with Crippen molar-refractivity contribution in [2.24, 2.45) is 0 Å². The Balaban J connectivity index is 1.68. The molecule has 0 aromatic carbocycles. The zero-order valence-electron chi connectivity index (χ0n) is 12.9. The van der Waals surface area contributed by atoms with Gasteiger partial charge in [-0.1, -0.05) is 0 Å². The number of nitrogens with zero attached hydrogens (tertiary/aromatic N) is 3. The van der Waals surface area contributed by atoms with Crippen molar-refractivity contribution in [3.8, 4) is 0 Å². The molecule has 7 heteroatoms. The predicted octanol–water partition coefficient (Wildman–Crippen LogP) is 1.06. The van der Waals surface area contributed by atoms with Crippen LogP contribution in [-0.4, -0.2) is 62.5 Å². The summed E-state index contributed by atoms with van der Waals surface area (Å²) in [5.41, 5.74) is -0.189. The fourth-order valence-electron chi connectivity index (χ4n) is 2.97. The van der Waals surface area contributed by atoms with Gasteiger partial charge in [0.1, 0.15) is 11.7 Å². The highest BCUT2D eigenvalue weighted by molar-refractivity contribution is 7.99. The smallest absolute Gasteiger partial charge is 0.254 e. The number of aryl methyl sites for hydroxylation is 1. The van der Waals surface area contributed by atoms with Gasteiger partial charge in [0.25, 0.3) is 5.91 Å². The molecule has 1 N–H and O–H groups in total. The molecule has 1 aromatic heterocycles. The number of thioether (sulfide) groups is 1. The fourth-order valence-corrected chi connectivity index (χ4v) is 4.14. The number of aromatic nitrogens is 2. The first-order valence-electron chi connectivity index (χ1n) is 7.86. The van der Waals surface area contributed by atoms with Gasteiger partial charge in [-0.15, -0.1) is 0 Å². The summed E-state index contributed by atoms with van der Waals surface area (Å²) in [4.78, 5) is 14.5. The van der Waals surface area contributed by atoms with Gasteiger partial charge in [0.15, 0.2) is 0 Å². The van der Waals surface area contributed by atoms with Crippen molar-refractivity contribution in [2.75, 3.05) is 31.2 Å². The van der Waals surface area contributed by atoms with Gasteiger partial charge in [0, 0.05) is 24.8 Å². The van der Waals surface area contributed by atoms with Crippen LogP contribution in [0, 0.1) is 0 Å². The molecule has 2 fully saturated rings. The highest BCUT2D eigenvalue weighted by Crippen LogP contribution is 2.31. The minimum absolute atomic E-state index is 0.135. The lowest BCUT2D eigenvalue weighted by Crippen LogP contribution is -2.54. The zero-order chi connectivity index (χ0) is 15.6. The van der Waals surface area contributed by atoms with Crippen LogP contribution < -0.4 is 0 Å². The van der Waals surface area contributed by atoms with Gasteiger partial charge < -0.3 is 14.7 Å². The third-order valence-corrected chi connectivity index (χ3v) is 5.41. The first-order chi connectivity index (χ1) is 10.6. The monoisotopic (exact) mass is 325 g/mol. The number of carbonyl (C=O) groups is 1. The van der Waals surface area contributed by atoms with Gasteiger partial charge in [-0.25, -0.2) is 0 Å². The number of carbonyl (C=O) groups excluding carboxylic acids is 1. The van der Waals surface area contributed by atoms with Crippen molar-refractivity contribution >= 4 is 17.7 Å². The molecule has 0 spiro atoms. The van der Waals surface area contributed by atoms with E-state index in [9.17, 15) is 9.90 Å². The zero-order valence-corrected chi connectivity index (χ0v) is 13.7. The first-order valence-corrected chi connectivity index (χ1v) is 9.01. The molecular weight excluding hydrogens is 302 g/mol. The molecule has 1 aromatic rings. The fraction of sp³-hybridized carbons (Fsp3) is 0.733. The van der Waals surface area contributed by atoms with E-state index in [4.69, 9.17) is 4.74 Å². The maximum atomic E-state index is 12.7. The van der Waals surface area contributed by atoms with Crippen LogP contribution in [0.3, 0.4) is 0 Å². The van der Waals surface area contributed by atoms with E-state index >= 15 is 0 Å². The highest BCUT2D eigenvalue weighted by Gasteiger charge is 2.41. The SMILES string of the molecule is CCn1cc(C2CN(C(=O)C3(O)CCSCC3)CCO2)cn1. The van der Waals surface area contributed by atoms with E-state index in [-0.39, 0.29) is 12.0 Å². The summed E-state index contributed by atoms with van der Waals surface area (Å²) >= 11 is 1.80. The average molecular weight is 325 g/mol. The van der Waals surface area contributed by atoms with Gasteiger partial charge in [0.2, 0.25) is 0 Å². The van der Waals surface area contributed by atoms with Gasteiger partial charge in [0.05, 0.1) is 19.3 Å². The molecule has 2 aliphatic rings. The van der Waals surface area contributed by atoms with E-state index < -0.39 is 5.60 Å². The molecular formula is C15H23N3O3S. The number of hydrogen-bond acceptors (Lipinski definition) is 5. The van der Waals surface area contributed by atoms with Gasteiger partial charge in [-0.05, 0) is 31.3 Å². The van der Waals surface area contributed by atoms with Crippen LogP contribution in [0.5, 0.6) is 0 Å². The standard InChI is InChI=1S/C15H23N3O3S/c1-2-18-10-12(9-16-18)13-11-17(5-6-21-13)14(19)15(20)3-7-22-8-4-15/h9-10,13,20H,2-8,11H2,1H3. The number of hydrogen-bond donors (Lipinski definition) is 1. The molecule has 22 heavy (non-hydrogen) atoms. The third-order valence-electron chi connectivity index (χ3n) is 4.42. The topological polar surface area (TPSA) is 67.6 Å². The summed E-state index contributed by atoms with van der Waals surface area (Å²) < 4.78 is 7.64. The molecule has 2 saturated heterocycles. The second-order valence-corrected chi connectivity index (χ2v) is 7.11. The maximum Gasteiger partial charge on any atom is 0.254 e. The second-order valence-electron chi connectivity index (χ2n) is 5.88.